The molecule has 0 saturated heterocycles. The van der Waals surface area contributed by atoms with E-state index in [4.69, 9.17) is 0 Å². The van der Waals surface area contributed by atoms with Gasteiger partial charge in [-0.3, -0.25) is 0 Å². The zero-order valence-corrected chi connectivity index (χ0v) is 10.6. The van der Waals surface area contributed by atoms with E-state index in [0.29, 0.717) is 0 Å². The van der Waals surface area contributed by atoms with Crippen LogP contribution < -0.4 is 5.32 Å². The van der Waals surface area contributed by atoms with Gasteiger partial charge in [0.25, 0.3) is 0 Å². The Kier molecular flexibility index (Phi) is 2.77. The Bertz CT molecular complexity index is 643. The fraction of sp³-hybridized carbons (Fsp3) is 0.0833. The third-order valence-corrected chi connectivity index (χ3v) is 3.14. The molecule has 0 bridgehead atoms. The summed E-state index contributed by atoms with van der Waals surface area (Å²) in [5.74, 6) is 0.776. The van der Waals surface area contributed by atoms with Crippen LogP contribution in [0.5, 0.6) is 0 Å². The highest BCUT2D eigenvalue weighted by Crippen LogP contribution is 2.27. The number of nitrogens with one attached hydrogen (secondary N) is 1. The second-order valence-electron chi connectivity index (χ2n) is 3.68. The van der Waals surface area contributed by atoms with Crippen LogP contribution in [0.2, 0.25) is 0 Å². The van der Waals surface area contributed by atoms with Crippen molar-refractivity contribution >= 4 is 17.5 Å². The van der Waals surface area contributed by atoms with Crippen LogP contribution in [0.4, 0.5) is 5.82 Å². The minimum Gasteiger partial charge on any atom is -0.370 e. The molecule has 0 fully saturated rings. The molecule has 2 aromatic heterocycles. The number of hydrogen-bond acceptors (Lipinski definition) is 5. The second-order valence-corrected chi connectivity index (χ2v) is 4.20. The zero-order valence-electron chi connectivity index (χ0n) is 9.74. The summed E-state index contributed by atoms with van der Waals surface area (Å²) < 4.78 is 10.4. The molecule has 6 heteroatoms. The monoisotopic (exact) mass is 257 g/mol. The van der Waals surface area contributed by atoms with Crippen LogP contribution in [0.15, 0.2) is 42.6 Å². The molecule has 1 N–H and O–H groups in total. The molecule has 0 aliphatic heterocycles. The lowest BCUT2D eigenvalue weighted by Gasteiger charge is -2.06. The summed E-state index contributed by atoms with van der Waals surface area (Å²) in [5, 5.41) is 7.38. The zero-order chi connectivity index (χ0) is 12.4. The van der Waals surface area contributed by atoms with Gasteiger partial charge in [-0.15, -0.1) is 0 Å². The standard InChI is InChI=1S/C12H11N5S/c1-13-12-11(15-18-16-12)10-7-8-14-17(10)9-5-3-2-4-6-9/h2-8H,1H3,(H,13,16). The minimum absolute atomic E-state index is 0.776. The number of aromatic nitrogens is 4. The van der Waals surface area contributed by atoms with Gasteiger partial charge in [0.1, 0.15) is 5.69 Å². The summed E-state index contributed by atoms with van der Waals surface area (Å²) in [5.41, 5.74) is 2.76. The Hall–Kier alpha value is -2.21. The Morgan fingerprint density at radius 2 is 1.94 bits per heavy atom. The topological polar surface area (TPSA) is 55.6 Å². The van der Waals surface area contributed by atoms with Gasteiger partial charge in [0.15, 0.2) is 5.82 Å². The Labute approximate surface area is 108 Å². The third kappa shape index (κ3) is 1.76. The first kappa shape index (κ1) is 10.9. The number of para-hydroxylation sites is 1. The molecule has 18 heavy (non-hydrogen) atoms. The molecule has 0 radical (unpaired) electrons. The fourth-order valence-corrected chi connectivity index (χ4v) is 2.34. The van der Waals surface area contributed by atoms with E-state index in [0.717, 1.165) is 22.9 Å². The van der Waals surface area contributed by atoms with E-state index in [1.165, 1.54) is 11.7 Å². The van der Waals surface area contributed by atoms with E-state index in [1.54, 1.807) is 6.20 Å². The van der Waals surface area contributed by atoms with Crippen molar-refractivity contribution < 1.29 is 0 Å². The molecule has 90 valence electrons. The van der Waals surface area contributed by atoms with Crippen molar-refractivity contribution in [1.82, 2.24) is 18.5 Å². The average molecular weight is 257 g/mol. The summed E-state index contributed by atoms with van der Waals surface area (Å²) in [6.45, 7) is 0. The normalized spacial score (nSPS) is 10.5. The maximum atomic E-state index is 4.34. The molecule has 3 aromatic rings. The molecule has 0 saturated carbocycles. The second kappa shape index (κ2) is 4.58. The number of hydrogen-bond donors (Lipinski definition) is 1. The highest BCUT2D eigenvalue weighted by atomic mass is 32.1. The third-order valence-electron chi connectivity index (χ3n) is 2.61. The molecule has 5 nitrogen and oxygen atoms in total. The van der Waals surface area contributed by atoms with E-state index >= 15 is 0 Å². The molecule has 0 aliphatic carbocycles. The Balaban J connectivity index is 2.13. The average Bonchev–Trinajstić information content (AvgIpc) is 3.07. The van der Waals surface area contributed by atoms with E-state index in [2.05, 4.69) is 19.2 Å². The van der Waals surface area contributed by atoms with Crippen molar-refractivity contribution in [3.8, 4) is 17.1 Å². The van der Waals surface area contributed by atoms with Crippen molar-refractivity contribution in [1.29, 1.82) is 0 Å². The van der Waals surface area contributed by atoms with Crippen LogP contribution in [-0.4, -0.2) is 25.6 Å². The SMILES string of the molecule is CNc1nsnc1-c1ccnn1-c1ccccc1. The van der Waals surface area contributed by atoms with E-state index in [1.807, 2.05) is 48.1 Å². The maximum Gasteiger partial charge on any atom is 0.169 e. The Morgan fingerprint density at radius 3 is 2.72 bits per heavy atom. The molecule has 0 aliphatic rings. The smallest absolute Gasteiger partial charge is 0.169 e. The van der Waals surface area contributed by atoms with Crippen molar-refractivity contribution in [3.05, 3.63) is 42.6 Å². The highest BCUT2D eigenvalue weighted by Gasteiger charge is 2.14. The lowest BCUT2D eigenvalue weighted by atomic mass is 10.2. The summed E-state index contributed by atoms with van der Waals surface area (Å²) in [7, 11) is 1.84. The lowest BCUT2D eigenvalue weighted by molar-refractivity contribution is 0.886. The van der Waals surface area contributed by atoms with Crippen LogP contribution in [0.25, 0.3) is 17.1 Å². The first-order chi connectivity index (χ1) is 8.90. The summed E-state index contributed by atoms with van der Waals surface area (Å²) in [6.07, 6.45) is 1.76. The minimum atomic E-state index is 0.776. The molecular formula is C12H11N5S. The molecule has 0 unspecified atom stereocenters. The molecule has 0 atom stereocenters. The quantitative estimate of drug-likeness (QED) is 0.783. The summed E-state index contributed by atoms with van der Waals surface area (Å²) in [6, 6.07) is 11.9. The predicted octanol–water partition coefficient (Wildman–Crippen LogP) is 2.43. The van der Waals surface area contributed by atoms with Gasteiger partial charge in [0.2, 0.25) is 0 Å². The molecule has 3 rings (SSSR count). The fourth-order valence-electron chi connectivity index (χ4n) is 1.78. The molecular weight excluding hydrogens is 246 g/mol. The van der Waals surface area contributed by atoms with Crippen LogP contribution in [-0.2, 0) is 0 Å². The predicted molar refractivity (Wildman–Crippen MR) is 72.0 cm³/mol. The van der Waals surface area contributed by atoms with Gasteiger partial charge in [0, 0.05) is 7.05 Å². The van der Waals surface area contributed by atoms with Gasteiger partial charge in [-0.25, -0.2) is 4.68 Å². The van der Waals surface area contributed by atoms with Crippen LogP contribution in [0, 0.1) is 0 Å². The van der Waals surface area contributed by atoms with Crippen molar-refractivity contribution in [2.75, 3.05) is 12.4 Å². The van der Waals surface area contributed by atoms with Crippen LogP contribution >= 0.6 is 11.7 Å². The molecule has 1 aromatic carbocycles. The van der Waals surface area contributed by atoms with Crippen LogP contribution in [0.3, 0.4) is 0 Å². The van der Waals surface area contributed by atoms with Gasteiger partial charge >= 0.3 is 0 Å². The van der Waals surface area contributed by atoms with Crippen LogP contribution in [0.1, 0.15) is 0 Å². The van der Waals surface area contributed by atoms with Crippen molar-refractivity contribution in [3.63, 3.8) is 0 Å². The summed E-state index contributed by atoms with van der Waals surface area (Å²) >= 11 is 1.19. The summed E-state index contributed by atoms with van der Waals surface area (Å²) in [4.78, 5) is 0. The number of nitrogens with zero attached hydrogens (tertiary/aromatic N) is 4. The largest absolute Gasteiger partial charge is 0.370 e. The van der Waals surface area contributed by atoms with E-state index < -0.39 is 0 Å². The highest BCUT2D eigenvalue weighted by molar-refractivity contribution is 6.99. The maximum absolute atomic E-state index is 4.34. The van der Waals surface area contributed by atoms with Gasteiger partial charge in [-0.2, -0.15) is 13.8 Å². The van der Waals surface area contributed by atoms with Crippen molar-refractivity contribution in [2.24, 2.45) is 0 Å². The van der Waals surface area contributed by atoms with Gasteiger partial charge < -0.3 is 5.32 Å². The first-order valence-corrected chi connectivity index (χ1v) is 6.23. The van der Waals surface area contributed by atoms with E-state index in [9.17, 15) is 0 Å². The lowest BCUT2D eigenvalue weighted by Crippen LogP contribution is -2.00. The molecule has 0 amide bonds. The molecule has 0 spiro atoms. The van der Waals surface area contributed by atoms with Gasteiger partial charge in [-0.1, -0.05) is 18.2 Å². The number of benzene rings is 1. The number of anilines is 1. The van der Waals surface area contributed by atoms with Gasteiger partial charge in [0.05, 0.1) is 29.3 Å². The van der Waals surface area contributed by atoms with E-state index in [-0.39, 0.29) is 0 Å². The number of rotatable bonds is 3. The van der Waals surface area contributed by atoms with Crippen molar-refractivity contribution in [2.45, 2.75) is 0 Å². The first-order valence-electron chi connectivity index (χ1n) is 5.50. The molecule has 2 heterocycles. The van der Waals surface area contributed by atoms with Gasteiger partial charge in [-0.05, 0) is 18.2 Å². The Morgan fingerprint density at radius 1 is 1.11 bits per heavy atom.